The minimum Gasteiger partial charge on any atom is -0.352 e. The topological polar surface area (TPSA) is 67.2 Å². The Morgan fingerprint density at radius 1 is 1.17 bits per heavy atom. The molecule has 0 spiro atoms. The number of hydrogen-bond acceptors (Lipinski definition) is 3. The van der Waals surface area contributed by atoms with Crippen LogP contribution in [0.2, 0.25) is 0 Å². The fraction of sp³-hybridized carbons (Fsp3) is 0.353. The highest BCUT2D eigenvalue weighted by Gasteiger charge is 2.19. The summed E-state index contributed by atoms with van der Waals surface area (Å²) >= 11 is 0. The Morgan fingerprint density at radius 2 is 1.87 bits per heavy atom. The Kier molecular flexibility index (Phi) is 4.41. The predicted molar refractivity (Wildman–Crippen MR) is 86.2 cm³/mol. The fourth-order valence-corrected chi connectivity index (χ4v) is 2.68. The van der Waals surface area contributed by atoms with E-state index in [-0.39, 0.29) is 11.8 Å². The molecule has 3 rings (SSSR count). The zero-order valence-corrected chi connectivity index (χ0v) is 13.2. The van der Waals surface area contributed by atoms with Crippen LogP contribution in [0.25, 0.3) is 5.69 Å². The Bertz CT molecular complexity index is 700. The van der Waals surface area contributed by atoms with Crippen molar-refractivity contribution < 1.29 is 9.59 Å². The first kappa shape index (κ1) is 15.3. The summed E-state index contributed by atoms with van der Waals surface area (Å²) in [5, 5.41) is 7.03. The van der Waals surface area contributed by atoms with Crippen molar-refractivity contribution in [1.82, 2.24) is 20.0 Å². The Balaban J connectivity index is 1.69. The lowest BCUT2D eigenvalue weighted by atomic mass is 10.2. The quantitative estimate of drug-likeness (QED) is 0.935. The van der Waals surface area contributed by atoms with Gasteiger partial charge in [-0.25, -0.2) is 4.68 Å². The lowest BCUT2D eigenvalue weighted by Crippen LogP contribution is -2.27. The fourth-order valence-electron chi connectivity index (χ4n) is 2.68. The summed E-state index contributed by atoms with van der Waals surface area (Å²) in [6.45, 7) is 3.65. The van der Waals surface area contributed by atoms with Gasteiger partial charge >= 0.3 is 0 Å². The monoisotopic (exact) mass is 312 g/mol. The molecule has 1 aliphatic rings. The third-order valence-corrected chi connectivity index (χ3v) is 3.95. The van der Waals surface area contributed by atoms with Gasteiger partial charge < -0.3 is 10.2 Å². The average Bonchev–Trinajstić information content (AvgIpc) is 3.24. The van der Waals surface area contributed by atoms with E-state index in [1.807, 2.05) is 35.4 Å². The molecule has 0 radical (unpaired) electrons. The van der Waals surface area contributed by atoms with Crippen LogP contribution >= 0.6 is 0 Å². The van der Waals surface area contributed by atoms with Crippen LogP contribution in [0.1, 0.15) is 35.7 Å². The Labute approximate surface area is 135 Å². The molecule has 2 aromatic rings. The molecule has 6 heteroatoms. The number of likely N-dealkylation sites (tertiary alicyclic amines) is 1. The van der Waals surface area contributed by atoms with Crippen molar-refractivity contribution >= 4 is 11.8 Å². The minimum absolute atomic E-state index is 0.0671. The lowest BCUT2D eigenvalue weighted by Gasteiger charge is -2.15. The summed E-state index contributed by atoms with van der Waals surface area (Å²) in [5.41, 5.74) is 2.52. The highest BCUT2D eigenvalue weighted by atomic mass is 16.2. The number of rotatable bonds is 4. The summed E-state index contributed by atoms with van der Waals surface area (Å²) in [6, 6.07) is 7.45. The van der Waals surface area contributed by atoms with Crippen molar-refractivity contribution in [3.63, 3.8) is 0 Å². The maximum absolute atomic E-state index is 12.3. The first-order valence-electron chi connectivity index (χ1n) is 7.81. The van der Waals surface area contributed by atoms with E-state index < -0.39 is 0 Å². The van der Waals surface area contributed by atoms with Crippen LogP contribution in [0.15, 0.2) is 36.7 Å². The zero-order valence-electron chi connectivity index (χ0n) is 13.2. The van der Waals surface area contributed by atoms with E-state index in [4.69, 9.17) is 0 Å². The molecule has 2 heterocycles. The molecule has 6 nitrogen and oxygen atoms in total. The van der Waals surface area contributed by atoms with Crippen LogP contribution in [0.3, 0.4) is 0 Å². The van der Waals surface area contributed by atoms with Gasteiger partial charge in [-0.3, -0.25) is 9.59 Å². The number of carbonyl (C=O) groups is 2. The first-order valence-corrected chi connectivity index (χ1v) is 7.81. The number of aromatic nitrogens is 2. The molecule has 120 valence electrons. The van der Waals surface area contributed by atoms with Crippen molar-refractivity contribution in [2.75, 3.05) is 13.1 Å². The van der Waals surface area contributed by atoms with Gasteiger partial charge in [0, 0.05) is 43.9 Å². The molecule has 0 aliphatic carbocycles. The minimum atomic E-state index is -0.0671. The Hall–Kier alpha value is -2.63. The molecule has 1 saturated heterocycles. The van der Waals surface area contributed by atoms with Crippen molar-refractivity contribution in [3.8, 4) is 5.69 Å². The van der Waals surface area contributed by atoms with Gasteiger partial charge in [0.1, 0.15) is 0 Å². The zero-order chi connectivity index (χ0) is 16.2. The van der Waals surface area contributed by atoms with Gasteiger partial charge in [-0.2, -0.15) is 5.10 Å². The van der Waals surface area contributed by atoms with Crippen LogP contribution in [-0.2, 0) is 11.3 Å². The number of carbonyl (C=O) groups excluding carboxylic acids is 2. The van der Waals surface area contributed by atoms with E-state index in [1.165, 1.54) is 6.92 Å². The van der Waals surface area contributed by atoms with Gasteiger partial charge in [0.15, 0.2) is 0 Å². The second-order valence-electron chi connectivity index (χ2n) is 5.75. The molecule has 0 atom stereocenters. The molecule has 1 N–H and O–H groups in total. The number of nitrogens with one attached hydrogen (secondary N) is 1. The summed E-state index contributed by atoms with van der Waals surface area (Å²) in [4.78, 5) is 25.1. The highest BCUT2D eigenvalue weighted by molar-refractivity contribution is 5.94. The number of amides is 2. The van der Waals surface area contributed by atoms with Crippen molar-refractivity contribution in [2.24, 2.45) is 0 Å². The molecule has 2 amide bonds. The summed E-state index contributed by atoms with van der Waals surface area (Å²) < 4.78 is 1.74. The standard InChI is InChI=1S/C17H20N4O2/c1-13(22)18-10-14-11-19-21(12-14)16-6-4-15(5-7-16)17(23)20-8-2-3-9-20/h4-7,11-12H,2-3,8-10H2,1H3,(H,18,22). The Morgan fingerprint density at radius 3 is 2.52 bits per heavy atom. The second kappa shape index (κ2) is 6.64. The van der Waals surface area contributed by atoms with Crippen molar-refractivity contribution in [3.05, 3.63) is 47.8 Å². The lowest BCUT2D eigenvalue weighted by molar-refractivity contribution is -0.119. The molecule has 0 bridgehead atoms. The normalized spacial score (nSPS) is 14.0. The van der Waals surface area contributed by atoms with Crippen molar-refractivity contribution in [1.29, 1.82) is 0 Å². The SMILES string of the molecule is CC(=O)NCc1cnn(-c2ccc(C(=O)N3CCCC3)cc2)c1. The first-order chi connectivity index (χ1) is 11.1. The molecule has 0 saturated carbocycles. The third kappa shape index (κ3) is 3.59. The van der Waals surface area contributed by atoms with Gasteiger partial charge in [-0.1, -0.05) is 0 Å². The van der Waals surface area contributed by atoms with E-state index in [0.717, 1.165) is 37.2 Å². The number of nitrogens with zero attached hydrogens (tertiary/aromatic N) is 3. The summed E-state index contributed by atoms with van der Waals surface area (Å²) in [7, 11) is 0. The highest BCUT2D eigenvalue weighted by Crippen LogP contribution is 2.15. The van der Waals surface area contributed by atoms with Gasteiger partial charge in [-0.15, -0.1) is 0 Å². The predicted octanol–water partition coefficient (Wildman–Crippen LogP) is 1.74. The van der Waals surface area contributed by atoms with Gasteiger partial charge in [0.2, 0.25) is 5.91 Å². The van der Waals surface area contributed by atoms with Crippen LogP contribution in [0, 0.1) is 0 Å². The number of benzene rings is 1. The van der Waals surface area contributed by atoms with Crippen LogP contribution in [-0.4, -0.2) is 39.6 Å². The van der Waals surface area contributed by atoms with Gasteiger partial charge in [0.05, 0.1) is 11.9 Å². The van der Waals surface area contributed by atoms with E-state index in [9.17, 15) is 9.59 Å². The summed E-state index contributed by atoms with van der Waals surface area (Å²) in [5.74, 6) is 0.0309. The number of hydrogen-bond donors (Lipinski definition) is 1. The third-order valence-electron chi connectivity index (χ3n) is 3.95. The molecule has 1 aromatic heterocycles. The van der Waals surface area contributed by atoms with E-state index in [0.29, 0.717) is 12.1 Å². The van der Waals surface area contributed by atoms with E-state index in [1.54, 1.807) is 10.9 Å². The van der Waals surface area contributed by atoms with Gasteiger partial charge in [-0.05, 0) is 37.1 Å². The van der Waals surface area contributed by atoms with Crippen molar-refractivity contribution in [2.45, 2.75) is 26.3 Å². The van der Waals surface area contributed by atoms with Crippen LogP contribution in [0.4, 0.5) is 0 Å². The van der Waals surface area contributed by atoms with E-state index >= 15 is 0 Å². The van der Waals surface area contributed by atoms with E-state index in [2.05, 4.69) is 10.4 Å². The molecule has 0 unspecified atom stereocenters. The maximum atomic E-state index is 12.3. The second-order valence-corrected chi connectivity index (χ2v) is 5.75. The average molecular weight is 312 g/mol. The summed E-state index contributed by atoms with van der Waals surface area (Å²) in [6.07, 6.45) is 5.77. The molecule has 1 aliphatic heterocycles. The smallest absolute Gasteiger partial charge is 0.253 e. The van der Waals surface area contributed by atoms with Gasteiger partial charge in [0.25, 0.3) is 5.91 Å². The molecule has 1 fully saturated rings. The molecular weight excluding hydrogens is 292 g/mol. The molecule has 23 heavy (non-hydrogen) atoms. The van der Waals surface area contributed by atoms with Crippen LogP contribution in [0.5, 0.6) is 0 Å². The maximum Gasteiger partial charge on any atom is 0.253 e. The largest absolute Gasteiger partial charge is 0.352 e. The van der Waals surface area contributed by atoms with Crippen LogP contribution < -0.4 is 5.32 Å². The molecular formula is C17H20N4O2. The molecule has 1 aromatic carbocycles.